The van der Waals surface area contributed by atoms with E-state index in [-0.39, 0.29) is 18.1 Å². The SMILES string of the molecule is CC.CC(C)(C)OC(=O)NCCCN1C=C(Nc2ncc(N)c(N(N)c3ccc(OCCCC(=O)O)cc3)n2)C#CC1. The number of ether oxygens (including phenoxy) is 2. The van der Waals surface area contributed by atoms with Crippen LogP contribution in [-0.4, -0.2) is 63.9 Å². The maximum Gasteiger partial charge on any atom is 0.407 e. The van der Waals surface area contributed by atoms with E-state index < -0.39 is 17.7 Å². The zero-order valence-corrected chi connectivity index (χ0v) is 24.9. The van der Waals surface area contributed by atoms with Crippen molar-refractivity contribution in [1.82, 2.24) is 20.2 Å². The van der Waals surface area contributed by atoms with Gasteiger partial charge in [-0.2, -0.15) is 4.98 Å². The number of nitrogens with zero attached hydrogens (tertiary/aromatic N) is 4. The summed E-state index contributed by atoms with van der Waals surface area (Å²) in [6, 6.07) is 6.94. The number of hydrogen-bond donors (Lipinski definition) is 5. The molecule has 13 heteroatoms. The number of aromatic nitrogens is 2. The summed E-state index contributed by atoms with van der Waals surface area (Å²) in [5.74, 6) is 12.7. The van der Waals surface area contributed by atoms with Crippen molar-refractivity contribution in [3.8, 4) is 17.6 Å². The molecule has 0 spiro atoms. The fraction of sp³-hybridized carbons (Fsp3) is 0.448. The highest BCUT2D eigenvalue weighted by Crippen LogP contribution is 2.27. The van der Waals surface area contributed by atoms with Crippen LogP contribution < -0.4 is 32.0 Å². The lowest BCUT2D eigenvalue weighted by Crippen LogP contribution is -2.34. The minimum atomic E-state index is -0.858. The van der Waals surface area contributed by atoms with E-state index in [9.17, 15) is 9.59 Å². The van der Waals surface area contributed by atoms with E-state index in [1.54, 1.807) is 24.3 Å². The van der Waals surface area contributed by atoms with Gasteiger partial charge in [-0.25, -0.2) is 15.6 Å². The quantitative estimate of drug-likeness (QED) is 0.0998. The summed E-state index contributed by atoms with van der Waals surface area (Å²) in [5, 5.41) is 15.9. The smallest absolute Gasteiger partial charge is 0.407 e. The molecule has 0 aliphatic carbocycles. The maximum atomic E-state index is 11.8. The molecule has 0 saturated carbocycles. The molecule has 42 heavy (non-hydrogen) atoms. The molecule has 1 aliphatic rings. The number of nitrogens with one attached hydrogen (secondary N) is 2. The lowest BCUT2D eigenvalue weighted by atomic mass is 10.2. The predicted octanol–water partition coefficient (Wildman–Crippen LogP) is 3.83. The Bertz CT molecular complexity index is 1270. The summed E-state index contributed by atoms with van der Waals surface area (Å²) in [7, 11) is 0. The highest BCUT2D eigenvalue weighted by Gasteiger charge is 2.16. The molecule has 2 aromatic rings. The highest BCUT2D eigenvalue weighted by atomic mass is 16.6. The van der Waals surface area contributed by atoms with Gasteiger partial charge < -0.3 is 35.8 Å². The number of rotatable bonds is 13. The number of hydrazine groups is 1. The molecule has 1 aliphatic heterocycles. The number of carboxylic acid groups (broad SMARTS) is 1. The second kappa shape index (κ2) is 16.5. The van der Waals surface area contributed by atoms with E-state index in [1.807, 2.05) is 45.7 Å². The van der Waals surface area contributed by atoms with Gasteiger partial charge in [0, 0.05) is 25.7 Å². The van der Waals surface area contributed by atoms with Gasteiger partial charge in [-0.05, 0) is 63.8 Å². The minimum absolute atomic E-state index is 0.0475. The summed E-state index contributed by atoms with van der Waals surface area (Å²) in [4.78, 5) is 33.1. The number of benzene rings is 1. The fourth-order valence-electron chi connectivity index (χ4n) is 3.49. The van der Waals surface area contributed by atoms with Crippen molar-refractivity contribution < 1.29 is 24.2 Å². The van der Waals surface area contributed by atoms with E-state index in [4.69, 9.17) is 26.2 Å². The van der Waals surface area contributed by atoms with E-state index in [2.05, 4.69) is 32.4 Å². The average molecular weight is 583 g/mol. The fourth-order valence-corrected chi connectivity index (χ4v) is 3.49. The highest BCUT2D eigenvalue weighted by molar-refractivity contribution is 5.71. The van der Waals surface area contributed by atoms with Gasteiger partial charge in [0.05, 0.1) is 30.7 Å². The van der Waals surface area contributed by atoms with Gasteiger partial charge in [0.25, 0.3) is 0 Å². The standard InChI is InChI=1S/C27H36N8O5.C2H6/c1-27(2,3)40-26(38)30-13-6-15-34-14-4-7-19(18-34)32-25-31-17-22(28)24(33-25)35(29)20-9-11-21(12-10-20)39-16-5-8-23(36)37;1-2/h9-12,17-18H,5-6,8,13-16,28-29H2,1-3H3,(H,30,38)(H,36,37)(H,31,32,33);1-2H3. The Balaban J connectivity index is 0.00000301. The second-order valence-corrected chi connectivity index (χ2v) is 9.90. The van der Waals surface area contributed by atoms with Crippen molar-refractivity contribution in [3.05, 3.63) is 42.4 Å². The lowest BCUT2D eigenvalue weighted by molar-refractivity contribution is -0.137. The topological polar surface area (TPSA) is 181 Å². The summed E-state index contributed by atoms with van der Waals surface area (Å²) in [6.45, 7) is 11.5. The lowest BCUT2D eigenvalue weighted by Gasteiger charge is -2.23. The van der Waals surface area contributed by atoms with Crippen LogP contribution in [0.25, 0.3) is 0 Å². The molecule has 228 valence electrons. The Morgan fingerprint density at radius 2 is 1.90 bits per heavy atom. The third-order valence-corrected chi connectivity index (χ3v) is 5.30. The van der Waals surface area contributed by atoms with Crippen LogP contribution in [0.2, 0.25) is 0 Å². The first kappa shape index (κ1) is 33.5. The van der Waals surface area contributed by atoms with Crippen LogP contribution in [0, 0.1) is 11.8 Å². The van der Waals surface area contributed by atoms with Crippen LogP contribution in [0.1, 0.15) is 53.9 Å². The van der Waals surface area contributed by atoms with E-state index in [0.717, 1.165) is 0 Å². The average Bonchev–Trinajstić information content (AvgIpc) is 2.95. The largest absolute Gasteiger partial charge is 0.494 e. The predicted molar refractivity (Wildman–Crippen MR) is 163 cm³/mol. The maximum absolute atomic E-state index is 11.8. The number of hydrogen-bond acceptors (Lipinski definition) is 11. The Labute approximate surface area is 247 Å². The van der Waals surface area contributed by atoms with Gasteiger partial charge in [-0.3, -0.25) is 9.80 Å². The van der Waals surface area contributed by atoms with E-state index in [0.29, 0.717) is 62.0 Å². The molecule has 0 fully saturated rings. The first-order chi connectivity index (χ1) is 20.0. The number of anilines is 4. The first-order valence-electron chi connectivity index (χ1n) is 13.8. The van der Waals surface area contributed by atoms with Crippen molar-refractivity contribution in [2.24, 2.45) is 5.84 Å². The van der Waals surface area contributed by atoms with Crippen LogP contribution in [0.15, 0.2) is 42.4 Å². The molecule has 0 saturated heterocycles. The summed E-state index contributed by atoms with van der Waals surface area (Å²) in [5.41, 5.74) is 7.07. The Kier molecular flexibility index (Phi) is 13.2. The van der Waals surface area contributed by atoms with E-state index in [1.165, 1.54) is 11.2 Å². The van der Waals surface area contributed by atoms with Crippen molar-refractivity contribution in [2.45, 2.75) is 59.5 Å². The number of amides is 1. The molecular weight excluding hydrogens is 540 g/mol. The molecule has 1 amide bonds. The van der Waals surface area contributed by atoms with Crippen molar-refractivity contribution in [1.29, 1.82) is 0 Å². The van der Waals surface area contributed by atoms with Crippen molar-refractivity contribution in [2.75, 3.05) is 42.3 Å². The van der Waals surface area contributed by atoms with Crippen LogP contribution in [0.5, 0.6) is 5.75 Å². The summed E-state index contributed by atoms with van der Waals surface area (Å²) < 4.78 is 10.8. The van der Waals surface area contributed by atoms with Gasteiger partial charge in [0.15, 0.2) is 5.82 Å². The zero-order chi connectivity index (χ0) is 31.1. The molecule has 0 atom stereocenters. The molecular formula is C29H42N8O5. The normalized spacial score (nSPS) is 12.0. The molecule has 2 heterocycles. The van der Waals surface area contributed by atoms with Gasteiger partial charge in [0.2, 0.25) is 5.95 Å². The molecule has 0 radical (unpaired) electrons. The van der Waals surface area contributed by atoms with Crippen molar-refractivity contribution >= 4 is 35.2 Å². The number of nitrogens with two attached hydrogens (primary N) is 2. The number of carbonyl (C=O) groups excluding carboxylic acids is 1. The third kappa shape index (κ3) is 11.8. The van der Waals surface area contributed by atoms with Gasteiger partial charge in [-0.15, -0.1) is 0 Å². The van der Waals surface area contributed by atoms with Crippen molar-refractivity contribution in [3.63, 3.8) is 0 Å². The Morgan fingerprint density at radius 1 is 1.19 bits per heavy atom. The van der Waals surface area contributed by atoms with Crippen LogP contribution in [0.3, 0.4) is 0 Å². The second-order valence-electron chi connectivity index (χ2n) is 9.90. The number of allylic oxidation sites excluding steroid dienone is 1. The monoisotopic (exact) mass is 582 g/mol. The minimum Gasteiger partial charge on any atom is -0.494 e. The molecule has 13 nitrogen and oxygen atoms in total. The van der Waals surface area contributed by atoms with Crippen LogP contribution in [0.4, 0.5) is 27.9 Å². The number of carboxylic acids is 1. The number of nitrogen functional groups attached to an aromatic ring is 1. The Hall–Kier alpha value is -4.70. The third-order valence-electron chi connectivity index (χ3n) is 5.30. The summed E-state index contributed by atoms with van der Waals surface area (Å²) in [6.07, 6.45) is 4.07. The molecule has 0 unspecified atom stereocenters. The van der Waals surface area contributed by atoms with Crippen LogP contribution >= 0.6 is 0 Å². The number of carbonyl (C=O) groups is 2. The molecule has 7 N–H and O–H groups in total. The Morgan fingerprint density at radius 3 is 2.57 bits per heavy atom. The molecule has 1 aromatic heterocycles. The molecule has 1 aromatic carbocycles. The van der Waals surface area contributed by atoms with Gasteiger partial charge >= 0.3 is 12.1 Å². The first-order valence-corrected chi connectivity index (χ1v) is 13.8. The van der Waals surface area contributed by atoms with Gasteiger partial charge in [-0.1, -0.05) is 19.8 Å². The number of alkyl carbamates (subject to hydrolysis) is 1. The molecule has 3 rings (SSSR count). The zero-order valence-electron chi connectivity index (χ0n) is 24.9. The van der Waals surface area contributed by atoms with E-state index >= 15 is 0 Å². The molecule has 0 bridgehead atoms. The van der Waals surface area contributed by atoms with Gasteiger partial charge in [0.1, 0.15) is 17.0 Å². The number of aliphatic carboxylic acids is 1. The van der Waals surface area contributed by atoms with Crippen LogP contribution in [-0.2, 0) is 9.53 Å². The summed E-state index contributed by atoms with van der Waals surface area (Å²) >= 11 is 0.